The number of benzene rings is 1. The average molecular weight is 263 g/mol. The second-order valence-corrected chi connectivity index (χ2v) is 5.41. The molecule has 1 aliphatic rings. The van der Waals surface area contributed by atoms with E-state index in [1.165, 1.54) is 5.56 Å². The maximum Gasteiger partial charge on any atom is 0.258 e. The normalized spacial score (nSPS) is 16.6. The lowest BCUT2D eigenvalue weighted by molar-refractivity contribution is -0.125. The van der Waals surface area contributed by atoms with Crippen molar-refractivity contribution in [3.8, 4) is 5.75 Å². The summed E-state index contributed by atoms with van der Waals surface area (Å²) in [4.78, 5) is 11.6. The fraction of sp³-hybridized carbons (Fsp3) is 0.533. The molecular weight excluding hydrogens is 242 g/mol. The topological polar surface area (TPSA) is 58.6 Å². The van der Waals surface area contributed by atoms with E-state index in [1.54, 1.807) is 0 Å². The van der Waals surface area contributed by atoms with Crippen LogP contribution in [0, 0.1) is 13.8 Å². The Morgan fingerprint density at radius 3 is 2.74 bits per heavy atom. The van der Waals surface area contributed by atoms with Crippen LogP contribution in [-0.4, -0.2) is 29.8 Å². The molecule has 4 heteroatoms. The lowest BCUT2D eigenvalue weighted by Gasteiger charge is -2.36. The quantitative estimate of drug-likeness (QED) is 0.850. The van der Waals surface area contributed by atoms with Crippen LogP contribution in [0.15, 0.2) is 18.2 Å². The molecule has 0 unspecified atom stereocenters. The molecule has 1 fully saturated rings. The first kappa shape index (κ1) is 13.9. The molecule has 0 aromatic heterocycles. The van der Waals surface area contributed by atoms with Crippen molar-refractivity contribution in [2.75, 3.05) is 13.2 Å². The lowest BCUT2D eigenvalue weighted by atomic mass is 9.80. The van der Waals surface area contributed by atoms with Gasteiger partial charge in [-0.15, -0.1) is 0 Å². The van der Waals surface area contributed by atoms with Crippen LogP contribution in [0.4, 0.5) is 0 Å². The summed E-state index contributed by atoms with van der Waals surface area (Å²) in [6.45, 7) is 4.28. The van der Waals surface area contributed by atoms with Crippen LogP contribution in [0.25, 0.3) is 0 Å². The number of amides is 1. The molecule has 1 aromatic carbocycles. The first-order chi connectivity index (χ1) is 8.98. The van der Waals surface area contributed by atoms with E-state index >= 15 is 0 Å². The number of nitrogens with one attached hydrogen (secondary N) is 1. The van der Waals surface area contributed by atoms with Gasteiger partial charge < -0.3 is 15.2 Å². The lowest BCUT2D eigenvalue weighted by Crippen LogP contribution is -2.48. The standard InChI is InChI=1S/C15H21NO3/c1-11-4-5-13(12(2)8-11)19-9-14(17)16-10-15(18)6-3-7-15/h4-5,8,18H,3,6-7,9-10H2,1-2H3,(H,16,17). The average Bonchev–Trinajstić information content (AvgIpc) is 2.33. The molecule has 4 nitrogen and oxygen atoms in total. The number of carbonyl (C=O) groups is 1. The van der Waals surface area contributed by atoms with Crippen molar-refractivity contribution < 1.29 is 14.6 Å². The van der Waals surface area contributed by atoms with Crippen molar-refractivity contribution in [3.05, 3.63) is 29.3 Å². The zero-order valence-corrected chi connectivity index (χ0v) is 11.5. The van der Waals surface area contributed by atoms with Crippen molar-refractivity contribution in [1.29, 1.82) is 0 Å². The summed E-state index contributed by atoms with van der Waals surface area (Å²) >= 11 is 0. The molecule has 0 saturated heterocycles. The summed E-state index contributed by atoms with van der Waals surface area (Å²) in [5.74, 6) is 0.531. The smallest absolute Gasteiger partial charge is 0.258 e. The van der Waals surface area contributed by atoms with Crippen LogP contribution in [-0.2, 0) is 4.79 Å². The van der Waals surface area contributed by atoms with Crippen molar-refractivity contribution in [3.63, 3.8) is 0 Å². The Morgan fingerprint density at radius 2 is 2.16 bits per heavy atom. The molecule has 2 rings (SSSR count). The summed E-state index contributed by atoms with van der Waals surface area (Å²) in [6.07, 6.45) is 2.57. The third-order valence-corrected chi connectivity index (χ3v) is 3.59. The zero-order valence-electron chi connectivity index (χ0n) is 11.5. The van der Waals surface area contributed by atoms with Gasteiger partial charge in [0, 0.05) is 6.54 Å². The Kier molecular flexibility index (Phi) is 4.10. The molecule has 0 spiro atoms. The molecule has 0 radical (unpaired) electrons. The number of hydrogen-bond acceptors (Lipinski definition) is 3. The van der Waals surface area contributed by atoms with Crippen LogP contribution >= 0.6 is 0 Å². The van der Waals surface area contributed by atoms with Crippen LogP contribution in [0.5, 0.6) is 5.75 Å². The van der Waals surface area contributed by atoms with Gasteiger partial charge in [0.15, 0.2) is 6.61 Å². The van der Waals surface area contributed by atoms with Crippen LogP contribution in [0.1, 0.15) is 30.4 Å². The molecule has 1 amide bonds. The second-order valence-electron chi connectivity index (χ2n) is 5.41. The molecule has 0 bridgehead atoms. The Morgan fingerprint density at radius 1 is 1.42 bits per heavy atom. The van der Waals surface area contributed by atoms with Gasteiger partial charge in [0.25, 0.3) is 5.91 Å². The summed E-state index contributed by atoms with van der Waals surface area (Å²) in [6, 6.07) is 5.85. The van der Waals surface area contributed by atoms with E-state index in [-0.39, 0.29) is 12.5 Å². The minimum atomic E-state index is -0.685. The molecular formula is C15H21NO3. The second kappa shape index (κ2) is 5.61. The van der Waals surface area contributed by atoms with E-state index < -0.39 is 5.60 Å². The van der Waals surface area contributed by atoms with E-state index in [2.05, 4.69) is 5.32 Å². The molecule has 1 saturated carbocycles. The fourth-order valence-corrected chi connectivity index (χ4v) is 2.18. The van der Waals surface area contributed by atoms with Gasteiger partial charge in [0.05, 0.1) is 5.60 Å². The van der Waals surface area contributed by atoms with E-state index in [9.17, 15) is 9.90 Å². The fourth-order valence-electron chi connectivity index (χ4n) is 2.18. The Hall–Kier alpha value is -1.55. The summed E-state index contributed by atoms with van der Waals surface area (Å²) < 4.78 is 5.48. The van der Waals surface area contributed by atoms with Crippen molar-refractivity contribution >= 4 is 5.91 Å². The highest BCUT2D eigenvalue weighted by atomic mass is 16.5. The SMILES string of the molecule is Cc1ccc(OCC(=O)NCC2(O)CCC2)c(C)c1. The third-order valence-electron chi connectivity index (χ3n) is 3.59. The van der Waals surface area contributed by atoms with Crippen LogP contribution < -0.4 is 10.1 Å². The molecule has 104 valence electrons. The molecule has 0 aliphatic heterocycles. The zero-order chi connectivity index (χ0) is 13.9. The monoisotopic (exact) mass is 263 g/mol. The van der Waals surface area contributed by atoms with Crippen molar-refractivity contribution in [2.24, 2.45) is 0 Å². The minimum Gasteiger partial charge on any atom is -0.484 e. The van der Waals surface area contributed by atoms with E-state index in [1.807, 2.05) is 32.0 Å². The van der Waals surface area contributed by atoms with Gasteiger partial charge in [0.2, 0.25) is 0 Å². The predicted molar refractivity (Wildman–Crippen MR) is 73.2 cm³/mol. The highest BCUT2D eigenvalue weighted by molar-refractivity contribution is 5.77. The number of ether oxygens (including phenoxy) is 1. The van der Waals surface area contributed by atoms with Gasteiger partial charge in [-0.25, -0.2) is 0 Å². The van der Waals surface area contributed by atoms with Crippen molar-refractivity contribution in [2.45, 2.75) is 38.7 Å². The number of rotatable bonds is 5. The van der Waals surface area contributed by atoms with Gasteiger partial charge in [-0.2, -0.15) is 0 Å². The molecule has 19 heavy (non-hydrogen) atoms. The molecule has 1 aliphatic carbocycles. The van der Waals surface area contributed by atoms with Crippen LogP contribution in [0.3, 0.4) is 0 Å². The van der Waals surface area contributed by atoms with E-state index in [0.29, 0.717) is 6.54 Å². The van der Waals surface area contributed by atoms with Gasteiger partial charge >= 0.3 is 0 Å². The predicted octanol–water partition coefficient (Wildman–Crippen LogP) is 1.71. The highest BCUT2D eigenvalue weighted by Gasteiger charge is 2.34. The summed E-state index contributed by atoms with van der Waals surface area (Å²) in [5, 5.41) is 12.6. The number of hydrogen-bond donors (Lipinski definition) is 2. The highest BCUT2D eigenvalue weighted by Crippen LogP contribution is 2.30. The van der Waals surface area contributed by atoms with E-state index in [4.69, 9.17) is 4.74 Å². The number of carbonyl (C=O) groups excluding carboxylic acids is 1. The summed E-state index contributed by atoms with van der Waals surface area (Å²) in [7, 11) is 0. The first-order valence-electron chi connectivity index (χ1n) is 6.68. The molecule has 1 aromatic rings. The van der Waals surface area contributed by atoms with Crippen molar-refractivity contribution in [1.82, 2.24) is 5.32 Å². The van der Waals surface area contributed by atoms with Gasteiger partial charge in [-0.05, 0) is 44.7 Å². The van der Waals surface area contributed by atoms with Gasteiger partial charge in [-0.3, -0.25) is 4.79 Å². The molecule has 0 atom stereocenters. The van der Waals surface area contributed by atoms with Gasteiger partial charge in [0.1, 0.15) is 5.75 Å². The third kappa shape index (κ3) is 3.70. The first-order valence-corrected chi connectivity index (χ1v) is 6.68. The largest absolute Gasteiger partial charge is 0.484 e. The van der Waals surface area contributed by atoms with Crippen LogP contribution in [0.2, 0.25) is 0 Å². The summed E-state index contributed by atoms with van der Waals surface area (Å²) in [5.41, 5.74) is 1.50. The Labute approximate surface area is 113 Å². The Bertz CT molecular complexity index is 466. The maximum atomic E-state index is 11.6. The Balaban J connectivity index is 1.76. The maximum absolute atomic E-state index is 11.6. The number of aryl methyl sites for hydroxylation is 2. The van der Waals surface area contributed by atoms with Gasteiger partial charge in [-0.1, -0.05) is 17.7 Å². The minimum absolute atomic E-state index is 0.0139. The molecule has 0 heterocycles. The van der Waals surface area contributed by atoms with E-state index in [0.717, 1.165) is 30.6 Å². The number of aliphatic hydroxyl groups is 1. The molecule has 2 N–H and O–H groups in total.